The van der Waals surface area contributed by atoms with Gasteiger partial charge in [0.1, 0.15) is 6.61 Å². The predicted molar refractivity (Wildman–Crippen MR) is 44.6 cm³/mol. The van der Waals surface area contributed by atoms with Gasteiger partial charge in [-0.2, -0.15) is 0 Å². The van der Waals surface area contributed by atoms with Crippen LogP contribution in [0, 0.1) is 0 Å². The number of rotatable bonds is 3. The Morgan fingerprint density at radius 1 is 1.64 bits per heavy atom. The second-order valence-corrected chi connectivity index (χ2v) is 2.11. The van der Waals surface area contributed by atoms with Gasteiger partial charge in [-0.15, -0.1) is 0 Å². The van der Waals surface area contributed by atoms with Gasteiger partial charge in [-0.3, -0.25) is 15.6 Å². The van der Waals surface area contributed by atoms with E-state index in [1.807, 2.05) is 0 Å². The summed E-state index contributed by atoms with van der Waals surface area (Å²) >= 11 is 4.44. The van der Waals surface area contributed by atoms with Crippen molar-refractivity contribution in [2.24, 2.45) is 5.73 Å². The molecule has 0 aromatic rings. The predicted octanol–water partition coefficient (Wildman–Crippen LogP) is -1.11. The van der Waals surface area contributed by atoms with Gasteiger partial charge in [-0.1, -0.05) is 0 Å². The Balaban J connectivity index is 3.30. The van der Waals surface area contributed by atoms with Gasteiger partial charge in [-0.05, 0) is 19.1 Å². The maximum Gasteiger partial charge on any atom is 0.264 e. The smallest absolute Gasteiger partial charge is 0.264 e. The molecule has 0 rings (SSSR count). The molecule has 1 amide bonds. The van der Waals surface area contributed by atoms with Gasteiger partial charge in [0.2, 0.25) is 0 Å². The molecule has 0 aliphatic heterocycles. The van der Waals surface area contributed by atoms with Crippen LogP contribution in [-0.4, -0.2) is 24.2 Å². The summed E-state index contributed by atoms with van der Waals surface area (Å²) in [4.78, 5) is 10.7. The van der Waals surface area contributed by atoms with Crippen molar-refractivity contribution in [3.05, 3.63) is 0 Å². The quantitative estimate of drug-likeness (QED) is 0.376. The zero-order valence-corrected chi connectivity index (χ0v) is 7.03. The number of thiocarbonyl (C=S) groups is 1. The summed E-state index contributed by atoms with van der Waals surface area (Å²) in [5.74, 6) is -0.306. The molecule has 0 fully saturated rings. The number of carbonyl (C=O) groups excluding carboxylic acids is 1. The fourth-order valence-corrected chi connectivity index (χ4v) is 0.413. The van der Waals surface area contributed by atoms with E-state index in [9.17, 15) is 4.79 Å². The van der Waals surface area contributed by atoms with E-state index in [0.29, 0.717) is 6.61 Å². The van der Waals surface area contributed by atoms with E-state index in [0.717, 1.165) is 0 Å². The molecule has 0 bridgehead atoms. The Labute approximate surface area is 70.2 Å². The largest absolute Gasteiger partial charge is 0.375 e. The summed E-state index contributed by atoms with van der Waals surface area (Å²) in [7, 11) is 0. The van der Waals surface area contributed by atoms with E-state index in [2.05, 4.69) is 23.1 Å². The van der Waals surface area contributed by atoms with Crippen molar-refractivity contribution >= 4 is 23.2 Å². The normalized spacial score (nSPS) is 8.82. The molecule has 6 heteroatoms. The molecule has 11 heavy (non-hydrogen) atoms. The molecule has 0 atom stereocenters. The Kier molecular flexibility index (Phi) is 5.40. The van der Waals surface area contributed by atoms with Gasteiger partial charge in [0.05, 0.1) is 0 Å². The lowest BCUT2D eigenvalue weighted by Crippen LogP contribution is -2.45. The minimum absolute atomic E-state index is 0.00606. The number of hydrogen-bond donors (Lipinski definition) is 3. The monoisotopic (exact) mass is 177 g/mol. The summed E-state index contributed by atoms with van der Waals surface area (Å²) in [6.07, 6.45) is 0. The van der Waals surface area contributed by atoms with Crippen LogP contribution in [0.3, 0.4) is 0 Å². The van der Waals surface area contributed by atoms with Crippen LogP contribution >= 0.6 is 12.2 Å². The molecular weight excluding hydrogens is 166 g/mol. The number of nitrogens with one attached hydrogen (secondary N) is 2. The molecule has 0 aliphatic carbocycles. The van der Waals surface area contributed by atoms with Crippen LogP contribution < -0.4 is 16.6 Å². The molecule has 0 aliphatic rings. The standard InChI is InChI=1S/C5H11N3O2S/c1-2-10-3-4(9)7-8-5(6)11/h2-3H2,1H3,(H,7,9)(H3,6,8,11). The highest BCUT2D eigenvalue weighted by molar-refractivity contribution is 7.80. The summed E-state index contributed by atoms with van der Waals surface area (Å²) in [5.41, 5.74) is 9.55. The first-order valence-corrected chi connectivity index (χ1v) is 3.49. The maximum atomic E-state index is 10.7. The van der Waals surface area contributed by atoms with Crippen LogP contribution in [0.1, 0.15) is 6.92 Å². The average molecular weight is 177 g/mol. The lowest BCUT2D eigenvalue weighted by molar-refractivity contribution is -0.126. The lowest BCUT2D eigenvalue weighted by Gasteiger charge is -2.05. The molecule has 0 aromatic carbocycles. The first-order valence-electron chi connectivity index (χ1n) is 3.08. The van der Waals surface area contributed by atoms with Crippen LogP contribution in [0.4, 0.5) is 0 Å². The summed E-state index contributed by atoms with van der Waals surface area (Å²) in [6, 6.07) is 0. The van der Waals surface area contributed by atoms with E-state index in [-0.39, 0.29) is 17.6 Å². The van der Waals surface area contributed by atoms with E-state index >= 15 is 0 Å². The molecule has 64 valence electrons. The number of hydrazine groups is 1. The second-order valence-electron chi connectivity index (χ2n) is 1.67. The Morgan fingerprint density at radius 2 is 2.27 bits per heavy atom. The van der Waals surface area contributed by atoms with Crippen molar-refractivity contribution in [1.82, 2.24) is 10.9 Å². The summed E-state index contributed by atoms with van der Waals surface area (Å²) in [6.45, 7) is 2.31. The number of carbonyl (C=O) groups is 1. The van der Waals surface area contributed by atoms with Crippen LogP contribution in [0.25, 0.3) is 0 Å². The van der Waals surface area contributed by atoms with E-state index in [1.54, 1.807) is 6.92 Å². The molecule has 0 saturated heterocycles. The zero-order chi connectivity index (χ0) is 8.69. The van der Waals surface area contributed by atoms with Crippen LogP contribution in [0.15, 0.2) is 0 Å². The molecule has 0 saturated carbocycles. The topological polar surface area (TPSA) is 76.4 Å². The first kappa shape index (κ1) is 10.1. The van der Waals surface area contributed by atoms with E-state index < -0.39 is 0 Å². The van der Waals surface area contributed by atoms with Crippen molar-refractivity contribution in [3.8, 4) is 0 Å². The number of hydrogen-bond acceptors (Lipinski definition) is 3. The summed E-state index contributed by atoms with van der Waals surface area (Å²) in [5, 5.41) is 0.0230. The Morgan fingerprint density at radius 3 is 2.73 bits per heavy atom. The highest BCUT2D eigenvalue weighted by atomic mass is 32.1. The van der Waals surface area contributed by atoms with Crippen molar-refractivity contribution < 1.29 is 9.53 Å². The van der Waals surface area contributed by atoms with Crippen LogP contribution in [0.2, 0.25) is 0 Å². The van der Waals surface area contributed by atoms with Crippen molar-refractivity contribution in [2.75, 3.05) is 13.2 Å². The molecule has 0 spiro atoms. The van der Waals surface area contributed by atoms with Crippen molar-refractivity contribution in [1.29, 1.82) is 0 Å². The van der Waals surface area contributed by atoms with Gasteiger partial charge in [0.15, 0.2) is 5.11 Å². The SMILES string of the molecule is CCOCC(=O)NNC(N)=S. The lowest BCUT2D eigenvalue weighted by atomic mass is 10.7. The van der Waals surface area contributed by atoms with Crippen molar-refractivity contribution in [2.45, 2.75) is 6.92 Å². The maximum absolute atomic E-state index is 10.7. The molecule has 0 aromatic heterocycles. The Bertz CT molecular complexity index is 151. The molecule has 0 heterocycles. The molecular formula is C5H11N3O2S. The first-order chi connectivity index (χ1) is 5.16. The number of amides is 1. The summed E-state index contributed by atoms with van der Waals surface area (Å²) < 4.78 is 4.79. The zero-order valence-electron chi connectivity index (χ0n) is 6.22. The van der Waals surface area contributed by atoms with Gasteiger partial charge in [-0.25, -0.2) is 0 Å². The third kappa shape index (κ3) is 7.01. The number of nitrogens with two attached hydrogens (primary N) is 1. The van der Waals surface area contributed by atoms with E-state index in [4.69, 9.17) is 10.5 Å². The second kappa shape index (κ2) is 5.87. The van der Waals surface area contributed by atoms with Gasteiger partial charge < -0.3 is 10.5 Å². The molecule has 5 nitrogen and oxygen atoms in total. The van der Waals surface area contributed by atoms with Gasteiger partial charge in [0.25, 0.3) is 5.91 Å². The highest BCUT2D eigenvalue weighted by Crippen LogP contribution is 1.71. The third-order valence-electron chi connectivity index (χ3n) is 0.762. The molecule has 0 radical (unpaired) electrons. The molecule has 4 N–H and O–H groups in total. The minimum atomic E-state index is -0.306. The average Bonchev–Trinajstić information content (AvgIpc) is 1.97. The fourth-order valence-electron chi connectivity index (χ4n) is 0.362. The van der Waals surface area contributed by atoms with Crippen LogP contribution in [0.5, 0.6) is 0 Å². The molecule has 0 unspecified atom stereocenters. The van der Waals surface area contributed by atoms with E-state index in [1.165, 1.54) is 0 Å². The third-order valence-corrected chi connectivity index (χ3v) is 0.864. The van der Waals surface area contributed by atoms with Crippen molar-refractivity contribution in [3.63, 3.8) is 0 Å². The van der Waals surface area contributed by atoms with Gasteiger partial charge in [0, 0.05) is 6.61 Å². The highest BCUT2D eigenvalue weighted by Gasteiger charge is 1.97. The number of ether oxygens (including phenoxy) is 1. The van der Waals surface area contributed by atoms with Gasteiger partial charge >= 0.3 is 0 Å². The Hall–Kier alpha value is -0.880. The van der Waals surface area contributed by atoms with Crippen LogP contribution in [-0.2, 0) is 9.53 Å². The fraction of sp³-hybridized carbons (Fsp3) is 0.600. The minimum Gasteiger partial charge on any atom is -0.375 e.